The van der Waals surface area contributed by atoms with Gasteiger partial charge in [-0.15, -0.1) is 0 Å². The Morgan fingerprint density at radius 2 is 1.95 bits per heavy atom. The van der Waals surface area contributed by atoms with Crippen LogP contribution in [0.5, 0.6) is 0 Å². The van der Waals surface area contributed by atoms with Crippen molar-refractivity contribution in [2.24, 2.45) is 0 Å². The molecule has 1 unspecified atom stereocenters. The van der Waals surface area contributed by atoms with Crippen LogP contribution in [0.2, 0.25) is 0 Å². The second-order valence-electron chi connectivity index (χ2n) is 6.59. The zero-order valence-electron chi connectivity index (χ0n) is 13.9. The van der Waals surface area contributed by atoms with Gasteiger partial charge in [0.25, 0.3) is 0 Å². The van der Waals surface area contributed by atoms with Crippen molar-refractivity contribution in [2.45, 2.75) is 57.5 Å². The van der Waals surface area contributed by atoms with E-state index in [2.05, 4.69) is 31.2 Å². The molecular weight excluding hydrogens is 263 g/mol. The molecule has 0 aromatic heterocycles. The average molecular weight is 292 g/mol. The van der Waals surface area contributed by atoms with Gasteiger partial charge in [-0.25, -0.2) is 4.39 Å². The van der Waals surface area contributed by atoms with Gasteiger partial charge < -0.3 is 10.2 Å². The summed E-state index contributed by atoms with van der Waals surface area (Å²) < 4.78 is 13.3. The van der Waals surface area contributed by atoms with E-state index in [1.165, 1.54) is 31.2 Å². The predicted octanol–water partition coefficient (Wildman–Crippen LogP) is 3.53. The summed E-state index contributed by atoms with van der Waals surface area (Å²) in [6.07, 6.45) is 6.08. The smallest absolute Gasteiger partial charge is 0.123 e. The first kappa shape index (κ1) is 16.4. The molecule has 1 N–H and O–H groups in total. The highest BCUT2D eigenvalue weighted by Gasteiger charge is 2.42. The summed E-state index contributed by atoms with van der Waals surface area (Å²) in [5, 5.41) is 3.70. The van der Waals surface area contributed by atoms with Crippen LogP contribution in [0.25, 0.3) is 0 Å². The number of likely N-dealkylation sites (N-methyl/N-ethyl adjacent to an activating group) is 2. The SMILES string of the molecule is CCNC(Cc1ccc(F)cc1C)C1(N(C)C)CCCC1. The van der Waals surface area contributed by atoms with Crippen LogP contribution in [0.4, 0.5) is 4.39 Å². The van der Waals surface area contributed by atoms with Gasteiger partial charge in [-0.05, 0) is 70.1 Å². The molecule has 1 aromatic rings. The van der Waals surface area contributed by atoms with Crippen LogP contribution in [-0.2, 0) is 6.42 Å². The molecule has 3 heteroatoms. The minimum atomic E-state index is -0.139. The van der Waals surface area contributed by atoms with Gasteiger partial charge in [0.15, 0.2) is 0 Å². The topological polar surface area (TPSA) is 15.3 Å². The molecule has 1 saturated carbocycles. The van der Waals surface area contributed by atoms with Crippen LogP contribution >= 0.6 is 0 Å². The summed E-state index contributed by atoms with van der Waals surface area (Å²) in [5.41, 5.74) is 2.55. The van der Waals surface area contributed by atoms with Gasteiger partial charge in [0.2, 0.25) is 0 Å². The van der Waals surface area contributed by atoms with Gasteiger partial charge in [-0.1, -0.05) is 25.8 Å². The van der Waals surface area contributed by atoms with Crippen LogP contribution in [0.1, 0.15) is 43.7 Å². The quantitative estimate of drug-likeness (QED) is 0.863. The van der Waals surface area contributed by atoms with Crippen molar-refractivity contribution in [1.82, 2.24) is 10.2 Å². The summed E-state index contributed by atoms with van der Waals surface area (Å²) in [6.45, 7) is 5.15. The molecule has 1 atom stereocenters. The number of hydrogen-bond acceptors (Lipinski definition) is 2. The average Bonchev–Trinajstić information content (AvgIpc) is 2.91. The fourth-order valence-corrected chi connectivity index (χ4v) is 3.90. The molecule has 1 aliphatic carbocycles. The number of nitrogens with zero attached hydrogens (tertiary/aromatic N) is 1. The van der Waals surface area contributed by atoms with E-state index in [0.717, 1.165) is 18.5 Å². The molecule has 0 radical (unpaired) electrons. The molecule has 0 spiro atoms. The number of rotatable bonds is 6. The second-order valence-corrected chi connectivity index (χ2v) is 6.59. The lowest BCUT2D eigenvalue weighted by Gasteiger charge is -2.44. The van der Waals surface area contributed by atoms with Crippen molar-refractivity contribution < 1.29 is 4.39 Å². The van der Waals surface area contributed by atoms with Gasteiger partial charge in [0.1, 0.15) is 5.82 Å². The Bertz CT molecular complexity index is 464. The highest BCUT2D eigenvalue weighted by molar-refractivity contribution is 5.28. The highest BCUT2D eigenvalue weighted by Crippen LogP contribution is 2.38. The minimum absolute atomic E-state index is 0.139. The Hall–Kier alpha value is -0.930. The molecule has 0 saturated heterocycles. The summed E-state index contributed by atoms with van der Waals surface area (Å²) in [4.78, 5) is 2.41. The number of benzene rings is 1. The van der Waals surface area contributed by atoms with Gasteiger partial charge in [0.05, 0.1) is 0 Å². The Morgan fingerprint density at radius 3 is 2.48 bits per heavy atom. The first-order valence-electron chi connectivity index (χ1n) is 8.15. The number of hydrogen-bond donors (Lipinski definition) is 1. The number of nitrogens with one attached hydrogen (secondary N) is 1. The zero-order valence-corrected chi connectivity index (χ0v) is 13.9. The van der Waals surface area contributed by atoms with Crippen molar-refractivity contribution in [2.75, 3.05) is 20.6 Å². The van der Waals surface area contributed by atoms with E-state index in [4.69, 9.17) is 0 Å². The van der Waals surface area contributed by atoms with Crippen molar-refractivity contribution in [3.63, 3.8) is 0 Å². The molecule has 1 aromatic carbocycles. The minimum Gasteiger partial charge on any atom is -0.312 e. The third-order valence-electron chi connectivity index (χ3n) is 5.19. The summed E-state index contributed by atoms with van der Waals surface area (Å²) in [7, 11) is 4.40. The van der Waals surface area contributed by atoms with Crippen molar-refractivity contribution >= 4 is 0 Å². The molecular formula is C18H29FN2. The Balaban J connectivity index is 2.26. The molecule has 1 aliphatic rings. The van der Waals surface area contributed by atoms with Crippen LogP contribution < -0.4 is 5.32 Å². The van der Waals surface area contributed by atoms with Crippen molar-refractivity contribution in [1.29, 1.82) is 0 Å². The fraction of sp³-hybridized carbons (Fsp3) is 0.667. The molecule has 21 heavy (non-hydrogen) atoms. The van der Waals surface area contributed by atoms with E-state index in [-0.39, 0.29) is 11.4 Å². The van der Waals surface area contributed by atoms with Gasteiger partial charge in [-0.3, -0.25) is 0 Å². The van der Waals surface area contributed by atoms with E-state index in [0.29, 0.717) is 6.04 Å². The summed E-state index contributed by atoms with van der Waals surface area (Å²) in [6, 6.07) is 5.61. The van der Waals surface area contributed by atoms with Crippen LogP contribution in [0.3, 0.4) is 0 Å². The van der Waals surface area contributed by atoms with Gasteiger partial charge >= 0.3 is 0 Å². The predicted molar refractivity (Wildman–Crippen MR) is 87.2 cm³/mol. The standard InChI is InChI=1S/C18H29FN2/c1-5-20-17(18(21(3)4)10-6-7-11-18)13-15-8-9-16(19)12-14(15)2/h8-9,12,17,20H,5-7,10-11,13H2,1-4H3. The van der Waals surface area contributed by atoms with Crippen molar-refractivity contribution in [3.8, 4) is 0 Å². The van der Waals surface area contributed by atoms with Crippen LogP contribution in [0.15, 0.2) is 18.2 Å². The van der Waals surface area contributed by atoms with Crippen LogP contribution in [0, 0.1) is 12.7 Å². The van der Waals surface area contributed by atoms with E-state index in [1.807, 2.05) is 13.0 Å². The number of aryl methyl sites for hydroxylation is 1. The van der Waals surface area contributed by atoms with Crippen LogP contribution in [-0.4, -0.2) is 37.1 Å². The Morgan fingerprint density at radius 1 is 1.29 bits per heavy atom. The van der Waals surface area contributed by atoms with E-state index >= 15 is 0 Å². The molecule has 0 amide bonds. The maximum atomic E-state index is 13.3. The maximum Gasteiger partial charge on any atom is 0.123 e. The molecule has 118 valence electrons. The van der Waals surface area contributed by atoms with E-state index in [9.17, 15) is 4.39 Å². The Kier molecular flexibility index (Phi) is 5.39. The molecule has 0 bridgehead atoms. The maximum absolute atomic E-state index is 13.3. The monoisotopic (exact) mass is 292 g/mol. The largest absolute Gasteiger partial charge is 0.312 e. The third kappa shape index (κ3) is 3.46. The van der Waals surface area contributed by atoms with Gasteiger partial charge in [0, 0.05) is 11.6 Å². The molecule has 2 rings (SSSR count). The second kappa shape index (κ2) is 6.89. The third-order valence-corrected chi connectivity index (χ3v) is 5.19. The first-order chi connectivity index (χ1) is 9.99. The molecule has 1 fully saturated rings. The summed E-state index contributed by atoms with van der Waals surface area (Å²) in [5.74, 6) is -0.139. The highest BCUT2D eigenvalue weighted by atomic mass is 19.1. The molecule has 0 heterocycles. The lowest BCUT2D eigenvalue weighted by atomic mass is 9.82. The van der Waals surface area contributed by atoms with E-state index in [1.54, 1.807) is 12.1 Å². The Labute approximate surface area is 128 Å². The zero-order chi connectivity index (χ0) is 15.5. The lowest BCUT2D eigenvalue weighted by molar-refractivity contribution is 0.105. The fourth-order valence-electron chi connectivity index (χ4n) is 3.90. The number of halogens is 1. The molecule has 0 aliphatic heterocycles. The van der Waals surface area contributed by atoms with Crippen molar-refractivity contribution in [3.05, 3.63) is 35.1 Å². The van der Waals surface area contributed by atoms with Gasteiger partial charge in [-0.2, -0.15) is 0 Å². The molecule has 2 nitrogen and oxygen atoms in total. The first-order valence-corrected chi connectivity index (χ1v) is 8.15. The summed E-state index contributed by atoms with van der Waals surface area (Å²) >= 11 is 0. The normalized spacial score (nSPS) is 19.1. The lowest BCUT2D eigenvalue weighted by Crippen LogP contribution is -2.58. The van der Waals surface area contributed by atoms with E-state index < -0.39 is 0 Å².